The van der Waals surface area contributed by atoms with E-state index >= 15 is 0 Å². The van der Waals surface area contributed by atoms with Crippen LogP contribution in [0.5, 0.6) is 5.75 Å². The highest BCUT2D eigenvalue weighted by molar-refractivity contribution is 5.78. The van der Waals surface area contributed by atoms with Crippen molar-refractivity contribution in [3.63, 3.8) is 0 Å². The molecule has 1 amide bonds. The molecule has 2 aromatic rings. The molecule has 0 aliphatic carbocycles. The Morgan fingerprint density at radius 2 is 2.00 bits per heavy atom. The van der Waals surface area contributed by atoms with Crippen LogP contribution in [0, 0.1) is 0 Å². The number of carbonyl (C=O) groups excluding carboxylic acids is 1. The standard InChI is InChI=1S/C18H24N6O3/c1-22-8-6-18(7-9-22)13-23(10-11-27-18)17(25)12-26-16-4-2-15(3-5-16)24-14-19-20-21-24/h2-5,14H,6-13H2,1H3. The van der Waals surface area contributed by atoms with E-state index in [9.17, 15) is 4.79 Å². The zero-order valence-corrected chi connectivity index (χ0v) is 15.5. The second-order valence-electron chi connectivity index (χ2n) is 7.19. The van der Waals surface area contributed by atoms with Crippen LogP contribution in [-0.2, 0) is 9.53 Å². The number of tetrazole rings is 1. The first kappa shape index (κ1) is 17.9. The molecular weight excluding hydrogens is 348 g/mol. The zero-order valence-electron chi connectivity index (χ0n) is 15.5. The van der Waals surface area contributed by atoms with E-state index in [-0.39, 0.29) is 18.1 Å². The minimum Gasteiger partial charge on any atom is -0.484 e. The Morgan fingerprint density at radius 3 is 2.70 bits per heavy atom. The molecule has 1 aromatic heterocycles. The number of hydrogen-bond donors (Lipinski definition) is 0. The maximum Gasteiger partial charge on any atom is 0.260 e. The van der Waals surface area contributed by atoms with Gasteiger partial charge in [0.2, 0.25) is 0 Å². The largest absolute Gasteiger partial charge is 0.484 e. The van der Waals surface area contributed by atoms with Crippen LogP contribution in [-0.4, -0.2) is 88.0 Å². The highest BCUT2D eigenvalue weighted by Crippen LogP contribution is 2.29. The summed E-state index contributed by atoms with van der Waals surface area (Å²) in [6, 6.07) is 7.31. The van der Waals surface area contributed by atoms with E-state index in [0.29, 0.717) is 25.4 Å². The number of morpholine rings is 1. The van der Waals surface area contributed by atoms with Crippen LogP contribution >= 0.6 is 0 Å². The van der Waals surface area contributed by atoms with Crippen molar-refractivity contribution in [3.05, 3.63) is 30.6 Å². The molecule has 144 valence electrons. The molecule has 0 unspecified atom stereocenters. The second-order valence-corrected chi connectivity index (χ2v) is 7.19. The van der Waals surface area contributed by atoms with Gasteiger partial charge in [-0.25, -0.2) is 4.68 Å². The molecule has 1 spiro atoms. The lowest BCUT2D eigenvalue weighted by molar-refractivity contribution is -0.160. The van der Waals surface area contributed by atoms with Gasteiger partial charge in [-0.05, 0) is 54.6 Å². The Labute approximate surface area is 157 Å². The van der Waals surface area contributed by atoms with Crippen LogP contribution in [0.1, 0.15) is 12.8 Å². The maximum absolute atomic E-state index is 12.6. The molecule has 0 N–H and O–H groups in total. The average molecular weight is 372 g/mol. The molecule has 0 radical (unpaired) electrons. The van der Waals surface area contributed by atoms with E-state index in [1.807, 2.05) is 29.2 Å². The van der Waals surface area contributed by atoms with Crippen molar-refractivity contribution in [1.29, 1.82) is 0 Å². The van der Waals surface area contributed by atoms with Gasteiger partial charge in [-0.1, -0.05) is 0 Å². The Kier molecular flexibility index (Phi) is 5.04. The van der Waals surface area contributed by atoms with Gasteiger partial charge in [0.25, 0.3) is 5.91 Å². The third kappa shape index (κ3) is 4.09. The molecule has 1 aromatic carbocycles. The summed E-state index contributed by atoms with van der Waals surface area (Å²) in [7, 11) is 2.12. The van der Waals surface area contributed by atoms with Gasteiger partial charge in [-0.2, -0.15) is 0 Å². The average Bonchev–Trinajstić information content (AvgIpc) is 3.24. The van der Waals surface area contributed by atoms with Crippen LogP contribution in [0.15, 0.2) is 30.6 Å². The van der Waals surface area contributed by atoms with Crippen molar-refractivity contribution >= 4 is 5.91 Å². The Hall–Kier alpha value is -2.52. The Bertz CT molecular complexity index is 756. The quantitative estimate of drug-likeness (QED) is 0.766. The van der Waals surface area contributed by atoms with Gasteiger partial charge >= 0.3 is 0 Å². The summed E-state index contributed by atoms with van der Waals surface area (Å²) in [4.78, 5) is 16.8. The molecule has 0 atom stereocenters. The lowest BCUT2D eigenvalue weighted by Gasteiger charge is -2.46. The number of benzene rings is 1. The normalized spacial score (nSPS) is 20.0. The first-order chi connectivity index (χ1) is 13.1. The van der Waals surface area contributed by atoms with Gasteiger partial charge in [-0.3, -0.25) is 4.79 Å². The number of piperidine rings is 1. The molecule has 2 saturated heterocycles. The monoisotopic (exact) mass is 372 g/mol. The Morgan fingerprint density at radius 1 is 1.22 bits per heavy atom. The van der Waals surface area contributed by atoms with Crippen LogP contribution < -0.4 is 4.74 Å². The summed E-state index contributed by atoms with van der Waals surface area (Å²) in [6.45, 7) is 3.91. The van der Waals surface area contributed by atoms with E-state index in [1.165, 1.54) is 6.33 Å². The molecule has 2 aliphatic rings. The molecule has 0 bridgehead atoms. The van der Waals surface area contributed by atoms with Gasteiger partial charge in [0.15, 0.2) is 6.61 Å². The fourth-order valence-corrected chi connectivity index (χ4v) is 3.60. The number of nitrogens with zero attached hydrogens (tertiary/aromatic N) is 6. The molecule has 9 heteroatoms. The predicted octanol–water partition coefficient (Wildman–Crippen LogP) is 0.364. The third-order valence-corrected chi connectivity index (χ3v) is 5.31. The minimum atomic E-state index is -0.187. The van der Waals surface area contributed by atoms with E-state index in [2.05, 4.69) is 27.5 Å². The van der Waals surface area contributed by atoms with Crippen molar-refractivity contribution in [2.75, 3.05) is 46.4 Å². The number of carbonyl (C=O) groups is 1. The van der Waals surface area contributed by atoms with Crippen molar-refractivity contribution in [2.24, 2.45) is 0 Å². The van der Waals surface area contributed by atoms with Crippen molar-refractivity contribution in [3.8, 4) is 11.4 Å². The van der Waals surface area contributed by atoms with E-state index < -0.39 is 0 Å². The van der Waals surface area contributed by atoms with Gasteiger partial charge in [0.05, 0.1) is 17.9 Å². The molecular formula is C18H24N6O3. The van der Waals surface area contributed by atoms with Crippen molar-refractivity contribution in [2.45, 2.75) is 18.4 Å². The molecule has 4 rings (SSSR count). The number of aromatic nitrogens is 4. The molecule has 2 fully saturated rings. The van der Waals surface area contributed by atoms with E-state index in [0.717, 1.165) is 31.6 Å². The van der Waals surface area contributed by atoms with Gasteiger partial charge in [-0.15, -0.1) is 5.10 Å². The summed E-state index contributed by atoms with van der Waals surface area (Å²) >= 11 is 0. The first-order valence-corrected chi connectivity index (χ1v) is 9.20. The summed E-state index contributed by atoms with van der Waals surface area (Å²) in [5.41, 5.74) is 0.643. The molecule has 3 heterocycles. The molecule has 27 heavy (non-hydrogen) atoms. The molecule has 2 aliphatic heterocycles. The first-order valence-electron chi connectivity index (χ1n) is 9.20. The molecule has 0 saturated carbocycles. The number of rotatable bonds is 4. The topological polar surface area (TPSA) is 85.6 Å². The van der Waals surface area contributed by atoms with Crippen LogP contribution in [0.2, 0.25) is 0 Å². The summed E-state index contributed by atoms with van der Waals surface area (Å²) in [5, 5.41) is 11.1. The summed E-state index contributed by atoms with van der Waals surface area (Å²) < 4.78 is 13.3. The highest BCUT2D eigenvalue weighted by atomic mass is 16.5. The van der Waals surface area contributed by atoms with Crippen LogP contribution in [0.25, 0.3) is 5.69 Å². The van der Waals surface area contributed by atoms with Crippen molar-refractivity contribution in [1.82, 2.24) is 30.0 Å². The number of hydrogen-bond acceptors (Lipinski definition) is 7. The predicted molar refractivity (Wildman–Crippen MR) is 96.6 cm³/mol. The second kappa shape index (κ2) is 7.61. The van der Waals surface area contributed by atoms with Gasteiger partial charge in [0, 0.05) is 26.2 Å². The maximum atomic E-state index is 12.6. The lowest BCUT2D eigenvalue weighted by Crippen LogP contribution is -2.58. The fraction of sp³-hybridized carbons (Fsp3) is 0.556. The SMILES string of the molecule is CN1CCC2(CC1)CN(C(=O)COc1ccc(-n3cnnn3)cc1)CCO2. The number of ether oxygens (including phenoxy) is 2. The van der Waals surface area contributed by atoms with Crippen molar-refractivity contribution < 1.29 is 14.3 Å². The minimum absolute atomic E-state index is 0.00107. The smallest absolute Gasteiger partial charge is 0.260 e. The van der Waals surface area contributed by atoms with Crippen LogP contribution in [0.4, 0.5) is 0 Å². The zero-order chi connectivity index (χ0) is 18.7. The molecule has 9 nitrogen and oxygen atoms in total. The number of likely N-dealkylation sites (tertiary alicyclic amines) is 1. The third-order valence-electron chi connectivity index (χ3n) is 5.31. The lowest BCUT2D eigenvalue weighted by atomic mass is 9.89. The summed E-state index contributed by atoms with van der Waals surface area (Å²) in [5.74, 6) is 0.642. The number of amides is 1. The van der Waals surface area contributed by atoms with E-state index in [1.54, 1.807) is 4.68 Å². The van der Waals surface area contributed by atoms with Gasteiger partial charge in [0.1, 0.15) is 12.1 Å². The van der Waals surface area contributed by atoms with Gasteiger partial charge < -0.3 is 19.3 Å². The van der Waals surface area contributed by atoms with Crippen LogP contribution in [0.3, 0.4) is 0 Å². The highest BCUT2D eigenvalue weighted by Gasteiger charge is 2.40. The fourth-order valence-electron chi connectivity index (χ4n) is 3.60. The summed E-state index contributed by atoms with van der Waals surface area (Å²) in [6.07, 6.45) is 3.45. The Balaban J connectivity index is 1.31. The van der Waals surface area contributed by atoms with E-state index in [4.69, 9.17) is 9.47 Å².